The third kappa shape index (κ3) is 8.56. The fourth-order valence-corrected chi connectivity index (χ4v) is 1.68. The number of benzene rings is 2. The normalized spacial score (nSPS) is 9.82. The Balaban J connectivity index is 0.000000529. The van der Waals surface area contributed by atoms with Crippen molar-refractivity contribution in [3.63, 3.8) is 0 Å². The molecule has 0 bridgehead atoms. The van der Waals surface area contributed by atoms with E-state index in [1.807, 2.05) is 36.6 Å². The van der Waals surface area contributed by atoms with Gasteiger partial charge in [-0.3, -0.25) is 0 Å². The van der Waals surface area contributed by atoms with Gasteiger partial charge >= 0.3 is 27.7 Å². The maximum atomic E-state index is 11.6. The molecule has 0 aromatic heterocycles. The quantitative estimate of drug-likeness (QED) is 0.270. The molecular weight excluding hydrogens is 501 g/mol. The van der Waals surface area contributed by atoms with Crippen LogP contribution >= 0.6 is 24.0 Å². The van der Waals surface area contributed by atoms with Crippen molar-refractivity contribution in [1.29, 1.82) is 0 Å². The molecule has 0 aliphatic rings. The second-order valence-corrected chi connectivity index (χ2v) is 5.38. The molecule has 2 nitrogen and oxygen atoms in total. The van der Waals surface area contributed by atoms with Crippen LogP contribution in [0.15, 0.2) is 60.7 Å². The predicted octanol–water partition coefficient (Wildman–Crippen LogP) is 3.57. The van der Waals surface area contributed by atoms with Gasteiger partial charge in [0.05, 0.1) is 11.3 Å². The van der Waals surface area contributed by atoms with Crippen molar-refractivity contribution < 1.29 is 37.5 Å². The Morgan fingerprint density at radius 3 is 2.14 bits per heavy atom. The smallest absolute Gasteiger partial charge is 0.872 e. The summed E-state index contributed by atoms with van der Waals surface area (Å²) < 4.78 is 5.59. The summed E-state index contributed by atoms with van der Waals surface area (Å²) in [6.07, 6.45) is 3.31. The molecule has 0 amide bonds. The minimum absolute atomic E-state index is 0. The molecule has 0 aliphatic heterocycles. The Bertz CT molecular complexity index is 542. The molecule has 2 aromatic carbocycles. The summed E-state index contributed by atoms with van der Waals surface area (Å²) in [6.45, 7) is 0. The Morgan fingerprint density at radius 2 is 1.77 bits per heavy atom. The Hall–Kier alpha value is -0.845. The third-order valence-corrected chi connectivity index (χ3v) is 3.57. The first kappa shape index (κ1) is 21.2. The monoisotopic (exact) mass is 518 g/mol. The van der Waals surface area contributed by atoms with Gasteiger partial charge in [0.25, 0.3) is 0 Å². The van der Waals surface area contributed by atoms with Gasteiger partial charge in [0.1, 0.15) is 5.75 Å². The number of ether oxygens (including phenoxy) is 1. The number of hydrogen-bond acceptors (Lipinski definition) is 4. The molecular formula is C17H16HgO2S2. The zero-order chi connectivity index (χ0) is 15.5. The van der Waals surface area contributed by atoms with Gasteiger partial charge < -0.3 is 9.84 Å². The summed E-state index contributed by atoms with van der Waals surface area (Å²) >= 11 is 6.33. The molecule has 0 saturated carbocycles. The largest absolute Gasteiger partial charge is 1.00 e. The Kier molecular flexibility index (Phi) is 12.2. The number of rotatable bonds is 3. The molecule has 5 heteroatoms. The first-order valence-corrected chi connectivity index (χ1v) is 7.83. The molecule has 110 valence electrons. The van der Waals surface area contributed by atoms with Crippen molar-refractivity contribution in [3.05, 3.63) is 72.3 Å². The van der Waals surface area contributed by atoms with Gasteiger partial charge in [-0.25, -0.2) is 0 Å². The van der Waals surface area contributed by atoms with Crippen molar-refractivity contribution in [1.82, 2.24) is 0 Å². The van der Waals surface area contributed by atoms with E-state index in [1.54, 1.807) is 31.4 Å². The van der Waals surface area contributed by atoms with Gasteiger partial charge in [0.15, 0.2) is 0 Å². The van der Waals surface area contributed by atoms with Crippen molar-refractivity contribution in [2.24, 2.45) is 0 Å². The van der Waals surface area contributed by atoms with Gasteiger partial charge in [-0.15, -0.1) is 11.8 Å². The second kappa shape index (κ2) is 12.7. The van der Waals surface area contributed by atoms with E-state index in [4.69, 9.17) is 17.0 Å². The molecule has 0 heterocycles. The van der Waals surface area contributed by atoms with E-state index < -0.39 is 0 Å². The zero-order valence-electron chi connectivity index (χ0n) is 12.6. The SMILES string of the molecule is COc1ccc(C([O-])=CC(=S)SC)cc1.[Hg+].[c]1ccccc1. The van der Waals surface area contributed by atoms with E-state index in [0.717, 1.165) is 5.75 Å². The second-order valence-electron chi connectivity index (χ2n) is 3.84. The average molecular weight is 517 g/mol. The van der Waals surface area contributed by atoms with Crippen molar-refractivity contribution >= 4 is 33.9 Å². The molecule has 2 aromatic rings. The predicted molar refractivity (Wildman–Crippen MR) is 92.4 cm³/mol. The standard InChI is InChI=1S/C11H12O2S2.C6H5.Hg/c1-13-9-5-3-8(4-6-9)10(12)7-11(14)15-2;1-2-4-6-5-3-1;/h3-7,12H,1-2H3;1-5H;/q;;+1/p-1. The van der Waals surface area contributed by atoms with E-state index in [9.17, 15) is 5.11 Å². The molecule has 22 heavy (non-hydrogen) atoms. The molecule has 0 atom stereocenters. The molecule has 0 fully saturated rings. The molecule has 2 radical (unpaired) electrons. The minimum Gasteiger partial charge on any atom is -0.872 e. The molecule has 2 rings (SSSR count). The fourth-order valence-electron chi connectivity index (χ4n) is 1.35. The van der Waals surface area contributed by atoms with Crippen molar-refractivity contribution in [2.45, 2.75) is 0 Å². The first-order valence-electron chi connectivity index (χ1n) is 6.19. The van der Waals surface area contributed by atoms with Crippen LogP contribution in [-0.2, 0) is 27.7 Å². The number of hydrogen-bond donors (Lipinski definition) is 0. The van der Waals surface area contributed by atoms with Gasteiger partial charge in [-0.1, -0.05) is 60.4 Å². The molecule has 0 spiro atoms. The zero-order valence-corrected chi connectivity index (χ0v) is 19.7. The topological polar surface area (TPSA) is 32.3 Å². The number of thiocarbonyl (C=S) groups is 1. The van der Waals surface area contributed by atoms with E-state index in [1.165, 1.54) is 17.8 Å². The van der Waals surface area contributed by atoms with Crippen LogP contribution in [0.3, 0.4) is 0 Å². The van der Waals surface area contributed by atoms with Crippen LogP contribution in [0.1, 0.15) is 5.56 Å². The fraction of sp³-hybridized carbons (Fsp3) is 0.118. The third-order valence-electron chi connectivity index (χ3n) is 2.43. The molecule has 0 N–H and O–H groups in total. The van der Waals surface area contributed by atoms with Gasteiger partial charge in [0, 0.05) is 0 Å². The van der Waals surface area contributed by atoms with Crippen LogP contribution in [-0.4, -0.2) is 17.6 Å². The Morgan fingerprint density at radius 1 is 1.18 bits per heavy atom. The van der Waals surface area contributed by atoms with E-state index in [0.29, 0.717) is 9.76 Å². The summed E-state index contributed by atoms with van der Waals surface area (Å²) in [5.74, 6) is 0.663. The summed E-state index contributed by atoms with van der Waals surface area (Å²) in [5, 5.41) is 11.6. The van der Waals surface area contributed by atoms with E-state index in [2.05, 4.69) is 6.07 Å². The first-order chi connectivity index (χ1) is 10.2. The van der Waals surface area contributed by atoms with Crippen LogP contribution < -0.4 is 9.84 Å². The van der Waals surface area contributed by atoms with Crippen LogP contribution in [0, 0.1) is 6.07 Å². The average Bonchev–Trinajstić information content (AvgIpc) is 2.57. The maximum Gasteiger partial charge on any atom is 1.00 e. The van der Waals surface area contributed by atoms with Gasteiger partial charge in [-0.05, 0) is 36.1 Å². The summed E-state index contributed by atoms with van der Waals surface area (Å²) in [5.41, 5.74) is 0.618. The number of thioether (sulfide) groups is 1. The van der Waals surface area contributed by atoms with Crippen molar-refractivity contribution in [3.8, 4) is 5.75 Å². The van der Waals surface area contributed by atoms with E-state index >= 15 is 0 Å². The summed E-state index contributed by atoms with van der Waals surface area (Å²) in [7, 11) is 1.59. The molecule has 0 aliphatic carbocycles. The van der Waals surface area contributed by atoms with Gasteiger partial charge in [0.2, 0.25) is 0 Å². The maximum absolute atomic E-state index is 11.6. The van der Waals surface area contributed by atoms with Gasteiger partial charge in [-0.2, -0.15) is 0 Å². The summed E-state index contributed by atoms with van der Waals surface area (Å²) in [4.78, 5) is 0. The van der Waals surface area contributed by atoms with Crippen molar-refractivity contribution in [2.75, 3.05) is 13.4 Å². The van der Waals surface area contributed by atoms with Crippen LogP contribution in [0.4, 0.5) is 0 Å². The Labute approximate surface area is 162 Å². The molecule has 0 saturated heterocycles. The van der Waals surface area contributed by atoms with Crippen LogP contribution in [0.5, 0.6) is 5.75 Å². The van der Waals surface area contributed by atoms with Crippen LogP contribution in [0.25, 0.3) is 5.76 Å². The minimum atomic E-state index is -0.0722. The van der Waals surface area contributed by atoms with E-state index in [-0.39, 0.29) is 33.4 Å². The summed E-state index contributed by atoms with van der Waals surface area (Å²) in [6, 6.07) is 19.5. The molecule has 0 unspecified atom stereocenters. The number of methoxy groups -OCH3 is 1. The van der Waals surface area contributed by atoms with Crippen LogP contribution in [0.2, 0.25) is 0 Å².